The van der Waals surface area contributed by atoms with Gasteiger partial charge in [-0.25, -0.2) is 0 Å². The highest BCUT2D eigenvalue weighted by Gasteiger charge is 1.81. The molecule has 0 aliphatic rings. The SMILES string of the molecule is CCOC(C)=O.ClCCl.ClCCl.ClCCl.ClCCl.ClCCl.ClCCl.ClCCl.ClCCl.ClCCl.ClCCl.ClCCl.ClCCl.ClCCl.ClCCl.ClCCl.ClCCl.ClCCl.ClCCl.ClCCl.ClCCl. The monoisotopic (exact) mass is 1770 g/mol. The van der Waals surface area contributed by atoms with Crippen molar-refractivity contribution in [2.24, 2.45) is 0 Å². The molecular formula is C24H48Cl40O2. The van der Waals surface area contributed by atoms with Crippen LogP contribution in [0.5, 0.6) is 0 Å². The second-order valence-electron chi connectivity index (χ2n) is 2.94. The lowest BCUT2D eigenvalue weighted by atomic mass is 10.8. The fourth-order valence-corrected chi connectivity index (χ4v) is 0.203. The quantitative estimate of drug-likeness (QED) is 0.193. The van der Waals surface area contributed by atoms with Crippen LogP contribution < -0.4 is 0 Å². The van der Waals surface area contributed by atoms with Gasteiger partial charge in [0, 0.05) is 6.92 Å². The Morgan fingerprint density at radius 1 is 0.212 bits per heavy atom. The Morgan fingerprint density at radius 2 is 0.258 bits per heavy atom. The first kappa shape index (κ1) is 142. The van der Waals surface area contributed by atoms with Gasteiger partial charge in [-0.05, 0) is 6.92 Å². The van der Waals surface area contributed by atoms with Crippen LogP contribution in [0.4, 0.5) is 0 Å². The average molecular weight is 1790 g/mol. The van der Waals surface area contributed by atoms with E-state index in [9.17, 15) is 4.79 Å². The molecule has 0 amide bonds. The third kappa shape index (κ3) is 2080. The lowest BCUT2D eigenvalue weighted by Crippen LogP contribution is -1.95. The van der Waals surface area contributed by atoms with E-state index in [0.717, 1.165) is 0 Å². The standard InChI is InChI=1S/C4H8O2.20CH2Cl2/c1-3-6-4(2)5;20*2-1-3/h3H2,1-2H3;20*1H2. The number of ether oxygens (including phenoxy) is 1. The molecule has 0 atom stereocenters. The van der Waals surface area contributed by atoms with Crippen LogP contribution in [0.2, 0.25) is 0 Å². The molecule has 0 heterocycles. The summed E-state index contributed by atoms with van der Waals surface area (Å²) in [6.45, 7) is 3.65. The first-order chi connectivity index (χ1) is 31.1. The lowest BCUT2D eigenvalue weighted by Gasteiger charge is -1.89. The minimum Gasteiger partial charge on any atom is -0.466 e. The molecule has 0 aliphatic heterocycles. The Labute approximate surface area is 597 Å². The molecular weight excluding hydrogens is 1740 g/mol. The molecule has 2 nitrogen and oxygen atoms in total. The summed E-state index contributed by atoms with van der Waals surface area (Å²) in [4.78, 5) is 9.82. The molecule has 0 N–H and O–H groups in total. The molecule has 0 radical (unpaired) electrons. The van der Waals surface area contributed by atoms with Crippen molar-refractivity contribution in [1.29, 1.82) is 0 Å². The molecule has 0 aromatic heterocycles. The van der Waals surface area contributed by atoms with Gasteiger partial charge in [0.05, 0.1) is 113 Å². The predicted octanol–water partition coefficient (Wildman–Crippen LogP) is 29.0. The number of esters is 1. The molecule has 0 aromatic rings. The predicted molar refractivity (Wildman–Crippen MR) is 354 cm³/mol. The maximum absolute atomic E-state index is 9.82. The zero-order chi connectivity index (χ0) is 59.1. The summed E-state index contributed by atoms with van der Waals surface area (Å²) in [6.07, 6.45) is 0. The summed E-state index contributed by atoms with van der Waals surface area (Å²) in [6, 6.07) is 0. The highest BCUT2D eigenvalue weighted by Crippen LogP contribution is 1.79. The van der Waals surface area contributed by atoms with E-state index in [1.54, 1.807) is 6.92 Å². The molecule has 0 aliphatic carbocycles. The van der Waals surface area contributed by atoms with Gasteiger partial charge >= 0.3 is 5.97 Å². The third-order valence-corrected chi connectivity index (χ3v) is 0.348. The first-order valence-corrected chi connectivity index (χ1v) is 34.0. The Hall–Kier alpha value is 11.1. The van der Waals surface area contributed by atoms with Gasteiger partial charge in [0.25, 0.3) is 0 Å². The molecule has 0 saturated carbocycles. The van der Waals surface area contributed by atoms with E-state index in [0.29, 0.717) is 6.61 Å². The van der Waals surface area contributed by atoms with Crippen LogP contribution in [-0.4, -0.2) is 119 Å². The Morgan fingerprint density at radius 3 is 0.258 bits per heavy atom. The zero-order valence-corrected chi connectivity index (χ0v) is 63.5. The smallest absolute Gasteiger partial charge is 0.302 e. The normalized spacial score (nSPS) is 6.15. The number of rotatable bonds is 1. The summed E-state index contributed by atoms with van der Waals surface area (Å²) in [5.74, 6) is -0.211. The van der Waals surface area contributed by atoms with Crippen LogP contribution in [0.1, 0.15) is 13.8 Å². The van der Waals surface area contributed by atoms with Gasteiger partial charge in [-0.2, -0.15) is 0 Å². The second kappa shape index (κ2) is 329. The largest absolute Gasteiger partial charge is 0.466 e. The van der Waals surface area contributed by atoms with Crippen molar-refractivity contribution in [3.05, 3.63) is 0 Å². The van der Waals surface area contributed by atoms with E-state index >= 15 is 0 Å². The maximum Gasteiger partial charge on any atom is 0.302 e. The van der Waals surface area contributed by atoms with Crippen molar-refractivity contribution < 1.29 is 9.53 Å². The average Bonchev–Trinajstić information content (AvgIpc) is 3.18. The molecule has 0 saturated heterocycles. The molecule has 0 unspecified atom stereocenters. The Balaban J connectivity index is -0.0000000170. The van der Waals surface area contributed by atoms with Gasteiger partial charge < -0.3 is 4.74 Å². The van der Waals surface area contributed by atoms with Crippen molar-refractivity contribution in [3.8, 4) is 0 Å². The van der Waals surface area contributed by atoms with Crippen LogP contribution in [0, 0.1) is 0 Å². The Bertz CT molecular complexity index is 253. The fourth-order valence-electron chi connectivity index (χ4n) is 0.203. The summed E-state index contributed by atoms with van der Waals surface area (Å²) < 4.78 is 4.40. The highest BCUT2D eigenvalue weighted by atomic mass is 35.6. The lowest BCUT2D eigenvalue weighted by molar-refractivity contribution is -0.140. The van der Waals surface area contributed by atoms with Crippen LogP contribution in [-0.2, 0) is 9.53 Å². The van der Waals surface area contributed by atoms with E-state index in [1.807, 2.05) is 0 Å². The van der Waals surface area contributed by atoms with E-state index in [2.05, 4.69) is 4.74 Å². The number of carbonyl (C=O) groups is 1. The van der Waals surface area contributed by atoms with Gasteiger partial charge in [-0.1, -0.05) is 0 Å². The molecule has 0 fully saturated rings. The van der Waals surface area contributed by atoms with Gasteiger partial charge in [0.2, 0.25) is 0 Å². The number of carbonyl (C=O) groups excluding carboxylic acids is 1. The van der Waals surface area contributed by atoms with Crippen molar-refractivity contribution in [1.82, 2.24) is 0 Å². The summed E-state index contributed by atoms with van der Waals surface area (Å²) in [7, 11) is 0. The zero-order valence-electron chi connectivity index (χ0n) is 33.3. The first-order valence-electron chi connectivity index (χ1n) is 12.6. The van der Waals surface area contributed by atoms with Gasteiger partial charge in [0.1, 0.15) is 0 Å². The summed E-state index contributed by atoms with van der Waals surface area (Å²) in [5, 5.41) is 3.89. The van der Waals surface area contributed by atoms with Crippen LogP contribution in [0.15, 0.2) is 0 Å². The maximum atomic E-state index is 9.82. The van der Waals surface area contributed by atoms with E-state index in [1.165, 1.54) is 6.92 Å². The molecule has 0 spiro atoms. The molecule has 436 valence electrons. The van der Waals surface area contributed by atoms with Gasteiger partial charge in [0.15, 0.2) is 0 Å². The highest BCUT2D eigenvalue weighted by molar-refractivity contribution is 6.46. The molecule has 42 heteroatoms. The van der Waals surface area contributed by atoms with E-state index in [4.69, 9.17) is 464 Å². The van der Waals surface area contributed by atoms with Crippen molar-refractivity contribution in [3.63, 3.8) is 0 Å². The molecule has 0 bridgehead atoms. The summed E-state index contributed by atoms with van der Waals surface area (Å²) in [5.41, 5.74) is 0. The minimum absolute atomic E-state index is 0.194. The Kier molecular flexibility index (Phi) is 708. The van der Waals surface area contributed by atoms with E-state index < -0.39 is 0 Å². The molecule has 0 aromatic carbocycles. The number of hydrogen-bond donors (Lipinski definition) is 0. The van der Waals surface area contributed by atoms with Crippen LogP contribution in [0.3, 0.4) is 0 Å². The topological polar surface area (TPSA) is 26.3 Å². The van der Waals surface area contributed by atoms with Crippen molar-refractivity contribution in [2.75, 3.05) is 113 Å². The van der Waals surface area contributed by atoms with Crippen LogP contribution >= 0.6 is 464 Å². The molecule has 66 heavy (non-hydrogen) atoms. The minimum atomic E-state index is -0.211. The number of halogens is 40. The van der Waals surface area contributed by atoms with Gasteiger partial charge in [-0.15, -0.1) is 464 Å². The second-order valence-corrected chi connectivity index (χ2v) is 19.1. The van der Waals surface area contributed by atoms with Gasteiger partial charge in [-0.3, -0.25) is 4.79 Å². The van der Waals surface area contributed by atoms with Crippen molar-refractivity contribution in [2.45, 2.75) is 13.8 Å². The van der Waals surface area contributed by atoms with E-state index in [-0.39, 0.29) is 113 Å². The fraction of sp³-hybridized carbons (Fsp3) is 0.958. The number of alkyl halides is 40. The number of hydrogen-bond acceptors (Lipinski definition) is 2. The van der Waals surface area contributed by atoms with Crippen molar-refractivity contribution >= 4 is 470 Å². The molecule has 0 rings (SSSR count). The van der Waals surface area contributed by atoms with Crippen LogP contribution in [0.25, 0.3) is 0 Å². The third-order valence-electron chi connectivity index (χ3n) is 0.348. The summed E-state index contributed by atoms with van der Waals surface area (Å²) >= 11 is 191.